The number of oxazole rings is 1. The van der Waals surface area contributed by atoms with E-state index >= 15 is 0 Å². The number of hydrogen-bond acceptors (Lipinski definition) is 6. The van der Waals surface area contributed by atoms with Crippen molar-refractivity contribution in [3.8, 4) is 17.2 Å². The van der Waals surface area contributed by atoms with Crippen molar-refractivity contribution in [2.45, 2.75) is 31.5 Å². The molecule has 0 saturated carbocycles. The summed E-state index contributed by atoms with van der Waals surface area (Å²) in [5.74, 6) is 0.573. The van der Waals surface area contributed by atoms with Gasteiger partial charge in [0.2, 0.25) is 5.89 Å². The van der Waals surface area contributed by atoms with E-state index in [2.05, 4.69) is 22.1 Å². The molecule has 7 nitrogen and oxygen atoms in total. The van der Waals surface area contributed by atoms with Crippen LogP contribution in [0.5, 0.6) is 5.75 Å². The number of carbonyl (C=O) groups is 1. The summed E-state index contributed by atoms with van der Waals surface area (Å²) in [6.45, 7) is 1.08. The zero-order valence-corrected chi connectivity index (χ0v) is 20.1. The number of carbonyl (C=O) groups excluding carboxylic acids is 1. The van der Waals surface area contributed by atoms with Gasteiger partial charge < -0.3 is 19.8 Å². The van der Waals surface area contributed by atoms with Gasteiger partial charge in [0.25, 0.3) is 5.91 Å². The Labute approximate surface area is 211 Å². The summed E-state index contributed by atoms with van der Waals surface area (Å²) in [6.07, 6.45) is -2.96. The molecule has 5 rings (SSSR count). The molecule has 0 spiro atoms. The van der Waals surface area contributed by atoms with E-state index in [9.17, 15) is 18.0 Å². The van der Waals surface area contributed by atoms with Crippen molar-refractivity contribution in [2.24, 2.45) is 5.73 Å². The third kappa shape index (κ3) is 4.76. The Bertz CT molecular complexity index is 1430. The number of nitrogens with zero attached hydrogens (tertiary/aromatic N) is 3. The highest BCUT2D eigenvalue weighted by atomic mass is 19.4. The Kier molecular flexibility index (Phi) is 6.59. The summed E-state index contributed by atoms with van der Waals surface area (Å²) >= 11 is 0. The fraction of sp³-hybridized carbons (Fsp3) is 0.296. The number of pyridine rings is 1. The van der Waals surface area contributed by atoms with Crippen molar-refractivity contribution in [1.82, 2.24) is 14.9 Å². The Morgan fingerprint density at radius 2 is 1.81 bits per heavy atom. The molecule has 0 radical (unpaired) electrons. The number of piperidine rings is 1. The van der Waals surface area contributed by atoms with Crippen LogP contribution in [0.25, 0.3) is 22.4 Å². The molecule has 37 heavy (non-hydrogen) atoms. The van der Waals surface area contributed by atoms with Gasteiger partial charge in [0, 0.05) is 24.0 Å². The summed E-state index contributed by atoms with van der Waals surface area (Å²) in [5, 5.41) is 0.347. The monoisotopic (exact) mass is 510 g/mol. The first-order valence-corrected chi connectivity index (χ1v) is 11.9. The molecule has 10 heteroatoms. The number of rotatable bonds is 5. The summed E-state index contributed by atoms with van der Waals surface area (Å²) in [6, 6.07) is 15.5. The predicted octanol–water partition coefficient (Wildman–Crippen LogP) is 5.40. The predicted molar refractivity (Wildman–Crippen MR) is 131 cm³/mol. The molecule has 3 heterocycles. The molecule has 0 bridgehead atoms. The molecule has 2 N–H and O–H groups in total. The van der Waals surface area contributed by atoms with Gasteiger partial charge in [-0.15, -0.1) is 0 Å². The molecular formula is C27H25F3N4O3. The molecule has 2 aromatic carbocycles. The number of hydrogen-bond donors (Lipinski definition) is 1. The van der Waals surface area contributed by atoms with Gasteiger partial charge in [-0.3, -0.25) is 4.79 Å². The molecule has 0 unspecified atom stereocenters. The maximum atomic E-state index is 13.4. The molecule has 0 aliphatic carbocycles. The largest absolute Gasteiger partial charge is 0.494 e. The molecule has 1 saturated heterocycles. The summed E-state index contributed by atoms with van der Waals surface area (Å²) < 4.78 is 50.9. The minimum Gasteiger partial charge on any atom is -0.494 e. The molecule has 1 aliphatic heterocycles. The van der Waals surface area contributed by atoms with Gasteiger partial charge in [0.1, 0.15) is 17.0 Å². The lowest BCUT2D eigenvalue weighted by atomic mass is 9.89. The standard InChI is InChI=1S/C27H25F3N4O3/c1-36-20-9-7-19(18-8-10-22(27(28,29)30)32-23(18)20)25-33-24(21(15-31)37-25)26(35)34-13-11-17(12-14-34)16-5-3-2-4-6-16/h2-10,17H,11-15,31H2,1H3. The second-order valence-electron chi connectivity index (χ2n) is 8.88. The van der Waals surface area contributed by atoms with Gasteiger partial charge in [-0.05, 0) is 48.6 Å². The Balaban J connectivity index is 1.45. The average Bonchev–Trinajstić information content (AvgIpc) is 3.36. The molecule has 192 valence electrons. The van der Waals surface area contributed by atoms with Crippen LogP contribution in [-0.4, -0.2) is 41.0 Å². The van der Waals surface area contributed by atoms with Crippen LogP contribution < -0.4 is 10.5 Å². The highest BCUT2D eigenvalue weighted by Crippen LogP contribution is 2.37. The SMILES string of the molecule is COc1ccc(-c2nc(C(=O)N3CCC(c4ccccc4)CC3)c(CN)o2)c2ccc(C(F)(F)F)nc12. The van der Waals surface area contributed by atoms with Crippen LogP contribution in [0.2, 0.25) is 0 Å². The van der Waals surface area contributed by atoms with Crippen molar-refractivity contribution < 1.29 is 27.1 Å². The quantitative estimate of drug-likeness (QED) is 0.387. The number of benzene rings is 2. The second kappa shape index (κ2) is 9.85. The van der Waals surface area contributed by atoms with Crippen LogP contribution in [0.3, 0.4) is 0 Å². The fourth-order valence-corrected chi connectivity index (χ4v) is 4.76. The van der Waals surface area contributed by atoms with Crippen molar-refractivity contribution in [3.05, 3.63) is 77.3 Å². The normalized spacial score (nSPS) is 14.8. The van der Waals surface area contributed by atoms with Crippen molar-refractivity contribution in [1.29, 1.82) is 0 Å². The van der Waals surface area contributed by atoms with E-state index in [1.165, 1.54) is 24.8 Å². The van der Waals surface area contributed by atoms with Crippen LogP contribution in [0, 0.1) is 0 Å². The van der Waals surface area contributed by atoms with Gasteiger partial charge in [0.05, 0.1) is 13.7 Å². The minimum absolute atomic E-state index is 0.0122. The number of ether oxygens (including phenoxy) is 1. The number of likely N-dealkylation sites (tertiary alicyclic amines) is 1. The van der Waals surface area contributed by atoms with Gasteiger partial charge in [-0.2, -0.15) is 13.2 Å². The van der Waals surface area contributed by atoms with E-state index in [0.717, 1.165) is 18.9 Å². The summed E-state index contributed by atoms with van der Waals surface area (Å²) in [7, 11) is 1.35. The zero-order valence-electron chi connectivity index (χ0n) is 20.1. The van der Waals surface area contributed by atoms with E-state index in [0.29, 0.717) is 30.0 Å². The van der Waals surface area contributed by atoms with Crippen molar-refractivity contribution in [2.75, 3.05) is 20.2 Å². The van der Waals surface area contributed by atoms with Crippen molar-refractivity contribution >= 4 is 16.8 Å². The number of halogens is 3. The van der Waals surface area contributed by atoms with Crippen LogP contribution >= 0.6 is 0 Å². The lowest BCUT2D eigenvalue weighted by molar-refractivity contribution is -0.140. The van der Waals surface area contributed by atoms with Crippen LogP contribution in [0.4, 0.5) is 13.2 Å². The first-order valence-electron chi connectivity index (χ1n) is 11.9. The number of amides is 1. The molecule has 1 fully saturated rings. The topological polar surface area (TPSA) is 94.5 Å². The van der Waals surface area contributed by atoms with E-state index in [1.54, 1.807) is 11.0 Å². The second-order valence-corrected chi connectivity index (χ2v) is 8.88. The summed E-state index contributed by atoms with van der Waals surface area (Å²) in [5.41, 5.74) is 6.59. The van der Waals surface area contributed by atoms with Gasteiger partial charge >= 0.3 is 6.18 Å². The minimum atomic E-state index is -4.61. The fourth-order valence-electron chi connectivity index (χ4n) is 4.76. The number of nitrogens with two attached hydrogens (primary N) is 1. The van der Waals surface area contributed by atoms with Crippen LogP contribution in [-0.2, 0) is 12.7 Å². The van der Waals surface area contributed by atoms with Gasteiger partial charge in [0.15, 0.2) is 11.5 Å². The highest BCUT2D eigenvalue weighted by molar-refractivity contribution is 5.98. The first-order chi connectivity index (χ1) is 17.8. The zero-order chi connectivity index (χ0) is 26.2. The van der Waals surface area contributed by atoms with E-state index in [-0.39, 0.29) is 41.1 Å². The van der Waals surface area contributed by atoms with E-state index in [4.69, 9.17) is 14.9 Å². The first kappa shape index (κ1) is 24.8. The Morgan fingerprint density at radius 3 is 2.46 bits per heavy atom. The number of methoxy groups -OCH3 is 1. The molecular weight excluding hydrogens is 485 g/mol. The smallest absolute Gasteiger partial charge is 0.433 e. The number of fused-ring (bicyclic) bond motifs is 1. The molecule has 1 amide bonds. The van der Waals surface area contributed by atoms with E-state index < -0.39 is 11.9 Å². The van der Waals surface area contributed by atoms with Crippen molar-refractivity contribution in [3.63, 3.8) is 0 Å². The molecule has 0 atom stereocenters. The molecule has 4 aromatic rings. The maximum absolute atomic E-state index is 13.4. The Hall–Kier alpha value is -3.92. The average molecular weight is 511 g/mol. The number of aromatic nitrogens is 2. The maximum Gasteiger partial charge on any atom is 0.433 e. The lowest BCUT2D eigenvalue weighted by Crippen LogP contribution is -2.38. The lowest BCUT2D eigenvalue weighted by Gasteiger charge is -2.31. The highest BCUT2D eigenvalue weighted by Gasteiger charge is 2.33. The number of alkyl halides is 3. The third-order valence-electron chi connectivity index (χ3n) is 6.70. The van der Waals surface area contributed by atoms with Gasteiger partial charge in [-0.1, -0.05) is 30.3 Å². The van der Waals surface area contributed by atoms with Gasteiger partial charge in [-0.25, -0.2) is 9.97 Å². The third-order valence-corrected chi connectivity index (χ3v) is 6.70. The molecule has 2 aromatic heterocycles. The van der Waals surface area contributed by atoms with Crippen LogP contribution in [0.15, 0.2) is 59.0 Å². The van der Waals surface area contributed by atoms with E-state index in [1.807, 2.05) is 18.2 Å². The van der Waals surface area contributed by atoms with Crippen LogP contribution in [0.1, 0.15) is 46.3 Å². The Morgan fingerprint density at radius 1 is 1.08 bits per heavy atom. The molecule has 1 aliphatic rings. The summed E-state index contributed by atoms with van der Waals surface area (Å²) in [4.78, 5) is 23.3.